The number of carbonyl (C=O) groups excluding carboxylic acids is 2. The normalized spacial score (nSPS) is 18.4. The summed E-state index contributed by atoms with van der Waals surface area (Å²) in [4.78, 5) is 63.5. The number of carbonyl (C=O) groups is 2. The highest BCUT2D eigenvalue weighted by Gasteiger charge is 2.38. The SMILES string of the molecule is CO[C@@H]1C[C@H](n2cc(/C=C/C(=O)NCCCCCCNC(=O)c3ccc(N=Nc4ccc(N(C)C)cc4)cc3)c(=O)[nH]c2=O)O[C@@H]1COP(C)(=O)O. The van der Waals surface area contributed by atoms with Crippen LogP contribution in [0.5, 0.6) is 0 Å². The Morgan fingerprint density at radius 3 is 2.23 bits per heavy atom. The molecule has 0 bridgehead atoms. The number of anilines is 1. The molecule has 280 valence electrons. The number of aromatic nitrogens is 2. The van der Waals surface area contributed by atoms with Crippen molar-refractivity contribution < 1.29 is 33.0 Å². The van der Waals surface area contributed by atoms with Crippen LogP contribution in [-0.4, -0.2) is 86.0 Å². The van der Waals surface area contributed by atoms with Crippen LogP contribution >= 0.6 is 7.60 Å². The molecular formula is C35H46N7O9P. The second kappa shape index (κ2) is 19.2. The molecule has 52 heavy (non-hydrogen) atoms. The largest absolute Gasteiger partial charge is 0.378 e. The Hall–Kier alpha value is -4.73. The van der Waals surface area contributed by atoms with Crippen LogP contribution in [0.4, 0.5) is 17.1 Å². The molecule has 0 spiro atoms. The summed E-state index contributed by atoms with van der Waals surface area (Å²) in [5.74, 6) is -0.575. The highest BCUT2D eigenvalue weighted by Crippen LogP contribution is 2.39. The average Bonchev–Trinajstić information content (AvgIpc) is 3.53. The van der Waals surface area contributed by atoms with Gasteiger partial charge in [-0.15, -0.1) is 0 Å². The number of rotatable bonds is 18. The van der Waals surface area contributed by atoms with E-state index in [1.807, 2.05) is 43.3 Å². The van der Waals surface area contributed by atoms with Crippen LogP contribution in [0.2, 0.25) is 0 Å². The molecule has 0 saturated carbocycles. The summed E-state index contributed by atoms with van der Waals surface area (Å²) >= 11 is 0. The number of nitrogens with one attached hydrogen (secondary N) is 3. The number of benzene rings is 2. The third kappa shape index (κ3) is 12.5. The fourth-order valence-corrected chi connectivity index (χ4v) is 5.69. The van der Waals surface area contributed by atoms with E-state index in [0.717, 1.165) is 43.7 Å². The van der Waals surface area contributed by atoms with Crippen molar-refractivity contribution in [2.24, 2.45) is 10.2 Å². The number of hydrogen-bond donors (Lipinski definition) is 4. The fraction of sp³-hybridized carbons (Fsp3) is 0.429. The minimum absolute atomic E-state index is 0.0610. The zero-order valence-electron chi connectivity index (χ0n) is 29.7. The fourth-order valence-electron chi connectivity index (χ4n) is 5.27. The van der Waals surface area contributed by atoms with E-state index in [1.54, 1.807) is 24.3 Å². The lowest BCUT2D eigenvalue weighted by atomic mass is 10.1. The molecule has 4 N–H and O–H groups in total. The molecule has 1 aromatic heterocycles. The smallest absolute Gasteiger partial charge is 0.330 e. The predicted molar refractivity (Wildman–Crippen MR) is 197 cm³/mol. The van der Waals surface area contributed by atoms with Crippen molar-refractivity contribution in [3.8, 4) is 0 Å². The first-order chi connectivity index (χ1) is 24.8. The molecule has 0 radical (unpaired) electrons. The van der Waals surface area contributed by atoms with Crippen molar-refractivity contribution >= 4 is 42.5 Å². The van der Waals surface area contributed by atoms with Crippen molar-refractivity contribution in [3.63, 3.8) is 0 Å². The lowest BCUT2D eigenvalue weighted by Gasteiger charge is -2.18. The number of nitrogens with zero attached hydrogens (tertiary/aromatic N) is 4. The quantitative estimate of drug-likeness (QED) is 0.0631. The van der Waals surface area contributed by atoms with Gasteiger partial charge in [0.25, 0.3) is 11.5 Å². The first-order valence-electron chi connectivity index (χ1n) is 16.8. The zero-order valence-corrected chi connectivity index (χ0v) is 30.6. The van der Waals surface area contributed by atoms with Crippen LogP contribution in [0.3, 0.4) is 0 Å². The molecule has 16 nitrogen and oxygen atoms in total. The maximum absolute atomic E-state index is 12.5. The summed E-state index contributed by atoms with van der Waals surface area (Å²) in [5, 5.41) is 14.2. The van der Waals surface area contributed by atoms with Gasteiger partial charge in [0, 0.05) is 70.9 Å². The number of methoxy groups -OCH3 is 1. The third-order valence-corrected chi connectivity index (χ3v) is 8.77. The molecular weight excluding hydrogens is 693 g/mol. The van der Waals surface area contributed by atoms with E-state index in [2.05, 4.69) is 25.8 Å². The molecule has 1 unspecified atom stereocenters. The second-order valence-electron chi connectivity index (χ2n) is 12.4. The predicted octanol–water partition coefficient (Wildman–Crippen LogP) is 4.27. The van der Waals surface area contributed by atoms with Crippen LogP contribution < -0.4 is 26.8 Å². The highest BCUT2D eigenvalue weighted by atomic mass is 31.2. The van der Waals surface area contributed by atoms with E-state index in [-0.39, 0.29) is 24.5 Å². The Kier molecular flexibility index (Phi) is 14.8. The van der Waals surface area contributed by atoms with Crippen molar-refractivity contribution in [1.82, 2.24) is 20.2 Å². The zero-order chi connectivity index (χ0) is 37.7. The van der Waals surface area contributed by atoms with E-state index < -0.39 is 43.2 Å². The molecule has 4 atom stereocenters. The molecule has 1 aliphatic heterocycles. The summed E-state index contributed by atoms with van der Waals surface area (Å²) in [6, 6.07) is 14.6. The second-order valence-corrected chi connectivity index (χ2v) is 14.3. The molecule has 3 aromatic rings. The van der Waals surface area contributed by atoms with Gasteiger partial charge in [0.2, 0.25) is 5.91 Å². The van der Waals surface area contributed by atoms with Gasteiger partial charge >= 0.3 is 13.3 Å². The number of H-pyrrole nitrogens is 1. The maximum atomic E-state index is 12.5. The van der Waals surface area contributed by atoms with E-state index in [1.165, 1.54) is 30.0 Å². The summed E-state index contributed by atoms with van der Waals surface area (Å²) in [5.41, 5.74) is 1.65. The first kappa shape index (κ1) is 40.0. The summed E-state index contributed by atoms with van der Waals surface area (Å²) in [7, 11) is 1.64. The van der Waals surface area contributed by atoms with Gasteiger partial charge in [0.1, 0.15) is 12.3 Å². The van der Waals surface area contributed by atoms with Crippen molar-refractivity contribution in [2.45, 2.75) is 50.5 Å². The van der Waals surface area contributed by atoms with Crippen molar-refractivity contribution in [1.29, 1.82) is 0 Å². The van der Waals surface area contributed by atoms with Gasteiger partial charge in [-0.1, -0.05) is 12.8 Å². The molecule has 2 heterocycles. The van der Waals surface area contributed by atoms with Gasteiger partial charge in [-0.2, -0.15) is 10.2 Å². The van der Waals surface area contributed by atoms with Crippen molar-refractivity contribution in [3.05, 3.63) is 92.8 Å². The van der Waals surface area contributed by atoms with E-state index in [0.29, 0.717) is 24.3 Å². The van der Waals surface area contributed by atoms with Gasteiger partial charge in [-0.05, 0) is 67.4 Å². The molecule has 17 heteroatoms. The number of amides is 2. The Balaban J connectivity index is 1.13. The van der Waals surface area contributed by atoms with E-state index in [9.17, 15) is 28.6 Å². The highest BCUT2D eigenvalue weighted by molar-refractivity contribution is 7.51. The molecule has 1 aliphatic rings. The van der Waals surface area contributed by atoms with Gasteiger partial charge < -0.3 is 34.4 Å². The van der Waals surface area contributed by atoms with Gasteiger partial charge in [-0.3, -0.25) is 28.5 Å². The van der Waals surface area contributed by atoms with E-state index >= 15 is 0 Å². The van der Waals surface area contributed by atoms with E-state index in [4.69, 9.17) is 14.0 Å². The Labute approximate surface area is 301 Å². The number of aromatic amines is 1. The van der Waals surface area contributed by atoms with Gasteiger partial charge in [0.15, 0.2) is 0 Å². The lowest BCUT2D eigenvalue weighted by Crippen LogP contribution is -2.33. The van der Waals surface area contributed by atoms with Crippen LogP contribution in [0, 0.1) is 0 Å². The summed E-state index contributed by atoms with van der Waals surface area (Å²) in [6.07, 6.45) is 5.15. The molecule has 2 aromatic carbocycles. The van der Waals surface area contributed by atoms with Crippen molar-refractivity contribution in [2.75, 3.05) is 52.5 Å². The molecule has 1 saturated heterocycles. The standard InChI is InChI=1S/C35H46N7O9P/c1-41(2)28-16-14-27(15-17-28)40-39-26-12-9-24(10-13-26)33(44)37-20-8-6-5-7-19-36-31(43)18-11-25-22-42(35(46)38-34(25)45)32-21-29(49-3)30(51-32)23-50-52(4,47)48/h9-18,22,29-30,32H,5-8,19-21,23H2,1-4H3,(H,36,43)(H,37,44)(H,47,48)(H,38,45,46)/b18-11+,40-39?/t29-,30-,32-/m1/s1. The third-order valence-electron chi connectivity index (χ3n) is 8.15. The lowest BCUT2D eigenvalue weighted by molar-refractivity contribution is -0.116. The minimum Gasteiger partial charge on any atom is -0.378 e. The summed E-state index contributed by atoms with van der Waals surface area (Å²) < 4.78 is 28.9. The van der Waals surface area contributed by atoms with Crippen LogP contribution in [-0.2, 0) is 23.4 Å². The van der Waals surface area contributed by atoms with Crippen LogP contribution in [0.1, 0.15) is 54.3 Å². The molecule has 0 aliphatic carbocycles. The van der Waals surface area contributed by atoms with Gasteiger partial charge in [0.05, 0.1) is 29.6 Å². The number of ether oxygens (including phenoxy) is 2. The Morgan fingerprint density at radius 2 is 1.63 bits per heavy atom. The molecule has 1 fully saturated rings. The monoisotopic (exact) mass is 739 g/mol. The molecule has 2 amide bonds. The average molecular weight is 740 g/mol. The van der Waals surface area contributed by atoms with Crippen LogP contribution in [0.15, 0.2) is 80.6 Å². The maximum Gasteiger partial charge on any atom is 0.330 e. The Morgan fingerprint density at radius 1 is 1.02 bits per heavy atom. The number of hydrogen-bond acceptors (Lipinski definition) is 11. The number of azo groups is 1. The topological polar surface area (TPSA) is 206 Å². The number of unbranched alkanes of at least 4 members (excludes halogenated alkanes) is 3. The summed E-state index contributed by atoms with van der Waals surface area (Å²) in [6.45, 7) is 1.77. The first-order valence-corrected chi connectivity index (χ1v) is 18.9. The van der Waals surface area contributed by atoms with Crippen LogP contribution in [0.25, 0.3) is 6.08 Å². The van der Waals surface area contributed by atoms with Gasteiger partial charge in [-0.25, -0.2) is 4.79 Å². The minimum atomic E-state index is -3.75. The Bertz CT molecular complexity index is 1870. The molecule has 4 rings (SSSR count).